The molecule has 1 N–H and O–H groups in total. The first-order valence-corrected chi connectivity index (χ1v) is 15.1. The van der Waals surface area contributed by atoms with E-state index in [1.807, 2.05) is 30.5 Å². The fourth-order valence-corrected chi connectivity index (χ4v) is 5.75. The molecule has 0 spiro atoms. The van der Waals surface area contributed by atoms with Gasteiger partial charge in [0.1, 0.15) is 11.6 Å². The van der Waals surface area contributed by atoms with E-state index < -0.39 is 10.8 Å². The number of phenolic OH excluding ortho intramolecular Hbond substituents is 1. The molecular formula is C38H43N3O2. The van der Waals surface area contributed by atoms with Crippen LogP contribution in [0.3, 0.4) is 0 Å². The number of pyridine rings is 1. The Bertz CT molecular complexity index is 1700. The lowest BCUT2D eigenvalue weighted by Crippen LogP contribution is -2.28. The molecule has 0 fully saturated rings. The van der Waals surface area contributed by atoms with E-state index in [9.17, 15) is 5.11 Å². The van der Waals surface area contributed by atoms with Crippen molar-refractivity contribution in [3.8, 4) is 22.9 Å². The fraction of sp³-hybridized carbons (Fsp3) is 0.316. The van der Waals surface area contributed by atoms with Crippen LogP contribution in [-0.2, 0) is 10.8 Å². The van der Waals surface area contributed by atoms with Gasteiger partial charge in [0, 0.05) is 17.8 Å². The van der Waals surface area contributed by atoms with E-state index in [1.54, 1.807) is 18.2 Å². The minimum atomic E-state index is -0.469. The van der Waals surface area contributed by atoms with Gasteiger partial charge in [-0.1, -0.05) is 90.1 Å². The molecule has 2 aromatic heterocycles. The standard InChI is InChI=1S/C38H43N3O2/c1-25(2)29-16-12-17-30(26(3)4)35(29)41-23-22-39-36(41)38(7,8)34-21-13-20-33(40-34)37(5,6)27-14-11-15-28(24-27)43-32-19-10-9-18-31(32)42/h9-26,42H,1-8H3. The van der Waals surface area contributed by atoms with E-state index in [1.165, 1.54) is 16.8 Å². The number of para-hydroxylation sites is 3. The van der Waals surface area contributed by atoms with Gasteiger partial charge in [-0.2, -0.15) is 0 Å². The molecule has 0 aliphatic carbocycles. The molecule has 5 heteroatoms. The molecule has 5 rings (SSSR count). The molecule has 0 amide bonds. The van der Waals surface area contributed by atoms with Crippen molar-refractivity contribution < 1.29 is 9.84 Å². The maximum Gasteiger partial charge on any atom is 0.169 e. The normalized spacial score (nSPS) is 12.2. The van der Waals surface area contributed by atoms with E-state index >= 15 is 0 Å². The Balaban J connectivity index is 1.53. The van der Waals surface area contributed by atoms with E-state index in [0.29, 0.717) is 23.3 Å². The monoisotopic (exact) mass is 573 g/mol. The Morgan fingerprint density at radius 2 is 1.33 bits per heavy atom. The number of hydrogen-bond acceptors (Lipinski definition) is 4. The van der Waals surface area contributed by atoms with Gasteiger partial charge in [0.15, 0.2) is 11.5 Å². The van der Waals surface area contributed by atoms with Crippen LogP contribution in [0.1, 0.15) is 101 Å². The Morgan fingerprint density at radius 3 is 1.98 bits per heavy atom. The average molecular weight is 574 g/mol. The highest BCUT2D eigenvalue weighted by Crippen LogP contribution is 2.39. The maximum absolute atomic E-state index is 10.2. The number of ether oxygens (including phenoxy) is 1. The van der Waals surface area contributed by atoms with E-state index in [0.717, 1.165) is 22.8 Å². The predicted octanol–water partition coefficient (Wildman–Crippen LogP) is 9.66. The SMILES string of the molecule is CC(C)c1cccc(C(C)C)c1-n1ccnc1C(C)(C)c1cccc(C(C)(C)c2cccc(Oc3ccccc3O)c2)n1. The second kappa shape index (κ2) is 11.7. The van der Waals surface area contributed by atoms with Crippen molar-refractivity contribution in [1.29, 1.82) is 0 Å². The van der Waals surface area contributed by atoms with Crippen molar-refractivity contribution in [1.82, 2.24) is 14.5 Å². The van der Waals surface area contributed by atoms with Crippen molar-refractivity contribution >= 4 is 0 Å². The van der Waals surface area contributed by atoms with Gasteiger partial charge in [-0.05, 0) is 78.8 Å². The number of imidazole rings is 1. The summed E-state index contributed by atoms with van der Waals surface area (Å²) in [7, 11) is 0. The minimum absolute atomic E-state index is 0.110. The van der Waals surface area contributed by atoms with E-state index in [4.69, 9.17) is 14.7 Å². The molecule has 0 atom stereocenters. The molecule has 0 radical (unpaired) electrons. The lowest BCUT2D eigenvalue weighted by molar-refractivity contribution is 0.410. The number of aromatic nitrogens is 3. The second-order valence-electron chi connectivity index (χ2n) is 13.0. The smallest absolute Gasteiger partial charge is 0.169 e. The molecule has 5 nitrogen and oxygen atoms in total. The molecule has 3 aromatic carbocycles. The van der Waals surface area contributed by atoms with Crippen LogP contribution in [0, 0.1) is 0 Å². The van der Waals surface area contributed by atoms with Gasteiger partial charge >= 0.3 is 0 Å². The molecule has 43 heavy (non-hydrogen) atoms. The Hall–Kier alpha value is -4.38. The van der Waals surface area contributed by atoms with Gasteiger partial charge in [0.05, 0.1) is 22.5 Å². The van der Waals surface area contributed by atoms with E-state index in [-0.39, 0.29) is 5.75 Å². The van der Waals surface area contributed by atoms with Gasteiger partial charge in [-0.3, -0.25) is 4.98 Å². The maximum atomic E-state index is 10.2. The first-order chi connectivity index (χ1) is 20.4. The topological polar surface area (TPSA) is 60.2 Å². The number of aromatic hydroxyl groups is 1. The lowest BCUT2D eigenvalue weighted by atomic mass is 9.80. The van der Waals surface area contributed by atoms with Crippen LogP contribution in [0.15, 0.2) is 97.3 Å². The van der Waals surface area contributed by atoms with Gasteiger partial charge in [-0.15, -0.1) is 0 Å². The van der Waals surface area contributed by atoms with Crippen molar-refractivity contribution in [3.05, 3.63) is 131 Å². The zero-order valence-electron chi connectivity index (χ0n) is 26.6. The summed E-state index contributed by atoms with van der Waals surface area (Å²) in [5, 5.41) is 10.2. The summed E-state index contributed by atoms with van der Waals surface area (Å²) in [6.07, 6.45) is 4.00. The van der Waals surface area contributed by atoms with Gasteiger partial charge in [0.25, 0.3) is 0 Å². The molecule has 2 heterocycles. The first kappa shape index (κ1) is 30.1. The largest absolute Gasteiger partial charge is 0.504 e. The Kier molecular flexibility index (Phi) is 8.20. The second-order valence-corrected chi connectivity index (χ2v) is 13.0. The molecule has 5 aromatic rings. The van der Waals surface area contributed by atoms with Crippen molar-refractivity contribution in [2.24, 2.45) is 0 Å². The fourth-order valence-electron chi connectivity index (χ4n) is 5.75. The molecular weight excluding hydrogens is 530 g/mol. The highest BCUT2D eigenvalue weighted by atomic mass is 16.5. The molecule has 222 valence electrons. The number of nitrogens with zero attached hydrogens (tertiary/aromatic N) is 3. The summed E-state index contributed by atoms with van der Waals surface area (Å²) in [4.78, 5) is 10.2. The van der Waals surface area contributed by atoms with Crippen molar-refractivity contribution in [2.45, 2.75) is 78.1 Å². The quantitative estimate of drug-likeness (QED) is 0.191. The van der Waals surface area contributed by atoms with Crippen LogP contribution in [0.25, 0.3) is 5.69 Å². The van der Waals surface area contributed by atoms with Crippen LogP contribution >= 0.6 is 0 Å². The number of phenols is 1. The zero-order valence-corrected chi connectivity index (χ0v) is 26.6. The third-order valence-corrected chi connectivity index (χ3v) is 8.46. The number of rotatable bonds is 9. The summed E-state index contributed by atoms with van der Waals surface area (Å²) in [6.45, 7) is 17.8. The van der Waals surface area contributed by atoms with Crippen molar-refractivity contribution in [2.75, 3.05) is 0 Å². The summed E-state index contributed by atoms with van der Waals surface area (Å²) in [5.74, 6) is 2.91. The molecule has 0 saturated heterocycles. The zero-order chi connectivity index (χ0) is 30.9. The minimum Gasteiger partial charge on any atom is -0.504 e. The number of hydrogen-bond donors (Lipinski definition) is 1. The molecule has 0 unspecified atom stereocenters. The highest BCUT2D eigenvalue weighted by molar-refractivity contribution is 5.53. The van der Waals surface area contributed by atoms with Crippen LogP contribution in [0.2, 0.25) is 0 Å². The molecule has 0 aliphatic heterocycles. The van der Waals surface area contributed by atoms with Crippen LogP contribution in [0.4, 0.5) is 0 Å². The first-order valence-electron chi connectivity index (χ1n) is 15.1. The average Bonchev–Trinajstić information content (AvgIpc) is 3.49. The van der Waals surface area contributed by atoms with Crippen molar-refractivity contribution in [3.63, 3.8) is 0 Å². The van der Waals surface area contributed by atoms with Crippen LogP contribution in [-0.4, -0.2) is 19.6 Å². The Labute approximate surface area is 256 Å². The Morgan fingerprint density at radius 1 is 0.721 bits per heavy atom. The summed E-state index contributed by atoms with van der Waals surface area (Å²) in [5.41, 5.74) is 5.97. The van der Waals surface area contributed by atoms with Gasteiger partial charge in [-0.25, -0.2) is 4.98 Å². The molecule has 0 aliphatic rings. The lowest BCUT2D eigenvalue weighted by Gasteiger charge is -2.30. The summed E-state index contributed by atoms with van der Waals surface area (Å²) in [6, 6.07) is 27.9. The summed E-state index contributed by atoms with van der Waals surface area (Å²) < 4.78 is 8.32. The third kappa shape index (κ3) is 5.81. The van der Waals surface area contributed by atoms with Crippen LogP contribution < -0.4 is 4.74 Å². The van der Waals surface area contributed by atoms with Gasteiger partial charge < -0.3 is 14.4 Å². The predicted molar refractivity (Wildman–Crippen MR) is 175 cm³/mol. The van der Waals surface area contributed by atoms with Gasteiger partial charge in [0.2, 0.25) is 0 Å². The van der Waals surface area contributed by atoms with Crippen LogP contribution in [0.5, 0.6) is 17.2 Å². The number of benzene rings is 3. The van der Waals surface area contributed by atoms with E-state index in [2.05, 4.69) is 109 Å². The highest BCUT2D eigenvalue weighted by Gasteiger charge is 2.33. The third-order valence-electron chi connectivity index (χ3n) is 8.46. The molecule has 0 saturated carbocycles. The summed E-state index contributed by atoms with van der Waals surface area (Å²) >= 11 is 0. The molecule has 0 bridgehead atoms.